The van der Waals surface area contributed by atoms with Crippen LogP contribution in [0.1, 0.15) is 39.9 Å². The molecule has 0 aliphatic heterocycles. The first kappa shape index (κ1) is 15.1. The Kier molecular flexibility index (Phi) is 4.02. The maximum absolute atomic E-state index is 12.8. The Balaban J connectivity index is 2.46. The molecule has 2 aromatic rings. The van der Waals surface area contributed by atoms with E-state index in [9.17, 15) is 18.0 Å². The summed E-state index contributed by atoms with van der Waals surface area (Å²) >= 11 is 0. The van der Waals surface area contributed by atoms with Crippen molar-refractivity contribution in [2.24, 2.45) is 5.73 Å². The molecule has 0 fully saturated rings. The minimum Gasteiger partial charge on any atom is -0.366 e. The van der Waals surface area contributed by atoms with Gasteiger partial charge in [-0.2, -0.15) is 13.2 Å². The van der Waals surface area contributed by atoms with Crippen molar-refractivity contribution in [2.45, 2.75) is 19.0 Å². The highest BCUT2D eigenvalue weighted by Crippen LogP contribution is 2.33. The second kappa shape index (κ2) is 5.60. The molecule has 1 atom stereocenters. The van der Waals surface area contributed by atoms with Gasteiger partial charge >= 0.3 is 6.18 Å². The normalized spacial score (nSPS) is 13.0. The van der Waals surface area contributed by atoms with Crippen molar-refractivity contribution < 1.29 is 18.0 Å². The van der Waals surface area contributed by atoms with E-state index in [4.69, 9.17) is 5.73 Å². The van der Waals surface area contributed by atoms with Crippen LogP contribution >= 0.6 is 0 Å². The highest BCUT2D eigenvalue weighted by atomic mass is 19.4. The van der Waals surface area contributed by atoms with Crippen molar-refractivity contribution in [3.05, 3.63) is 70.8 Å². The lowest BCUT2D eigenvalue weighted by molar-refractivity contribution is -0.137. The molecule has 2 aromatic carbocycles. The van der Waals surface area contributed by atoms with E-state index >= 15 is 0 Å². The highest BCUT2D eigenvalue weighted by molar-refractivity contribution is 5.94. The molecule has 21 heavy (non-hydrogen) atoms. The zero-order chi connectivity index (χ0) is 15.6. The Labute approximate surface area is 120 Å². The molecule has 0 saturated carbocycles. The number of rotatable bonds is 3. The number of hydrogen-bond acceptors (Lipinski definition) is 1. The summed E-state index contributed by atoms with van der Waals surface area (Å²) in [6, 6.07) is 11.8. The third-order valence-electron chi connectivity index (χ3n) is 3.41. The number of carbonyl (C=O) groups is 1. The lowest BCUT2D eigenvalue weighted by Gasteiger charge is -2.17. The van der Waals surface area contributed by atoms with E-state index in [1.807, 2.05) is 0 Å². The fourth-order valence-corrected chi connectivity index (χ4v) is 2.26. The van der Waals surface area contributed by atoms with Gasteiger partial charge in [0.05, 0.1) is 5.56 Å². The van der Waals surface area contributed by atoms with Crippen molar-refractivity contribution in [1.82, 2.24) is 0 Å². The molecule has 110 valence electrons. The van der Waals surface area contributed by atoms with E-state index in [1.165, 1.54) is 6.07 Å². The second-order valence-electron chi connectivity index (χ2n) is 4.80. The van der Waals surface area contributed by atoms with Gasteiger partial charge in [-0.1, -0.05) is 43.3 Å². The predicted molar refractivity (Wildman–Crippen MR) is 73.9 cm³/mol. The second-order valence-corrected chi connectivity index (χ2v) is 4.80. The van der Waals surface area contributed by atoms with Crippen LogP contribution < -0.4 is 5.73 Å². The summed E-state index contributed by atoms with van der Waals surface area (Å²) < 4.78 is 38.3. The topological polar surface area (TPSA) is 43.1 Å². The van der Waals surface area contributed by atoms with E-state index in [2.05, 4.69) is 0 Å². The van der Waals surface area contributed by atoms with Crippen LogP contribution in [0.2, 0.25) is 0 Å². The standard InChI is InChI=1S/C16H14F3NO/c1-10(13-7-2-3-8-14(13)15(20)21)11-5-4-6-12(9-11)16(17,18)19/h2-10H,1H3,(H2,20,21)/t10-/m1/s1. The van der Waals surface area contributed by atoms with Crippen LogP contribution in [0.5, 0.6) is 0 Å². The molecule has 0 bridgehead atoms. The summed E-state index contributed by atoms with van der Waals surface area (Å²) in [6.07, 6.45) is -4.39. The Morgan fingerprint density at radius 1 is 1.10 bits per heavy atom. The number of carbonyl (C=O) groups excluding carboxylic acids is 1. The van der Waals surface area contributed by atoms with E-state index in [0.29, 0.717) is 16.7 Å². The predicted octanol–water partition coefficient (Wildman–Crippen LogP) is 3.96. The molecule has 2 rings (SSSR count). The molecule has 0 aliphatic rings. The van der Waals surface area contributed by atoms with Gasteiger partial charge in [0.15, 0.2) is 0 Å². The monoisotopic (exact) mass is 293 g/mol. The average Bonchev–Trinajstić information content (AvgIpc) is 2.45. The molecule has 0 radical (unpaired) electrons. The number of primary amides is 1. The minimum atomic E-state index is -4.39. The van der Waals surface area contributed by atoms with Crippen LogP contribution in [0.4, 0.5) is 13.2 Å². The van der Waals surface area contributed by atoms with E-state index < -0.39 is 17.6 Å². The van der Waals surface area contributed by atoms with Crippen molar-refractivity contribution in [3.8, 4) is 0 Å². The van der Waals surface area contributed by atoms with Gasteiger partial charge in [0, 0.05) is 11.5 Å². The Hall–Kier alpha value is -2.30. The van der Waals surface area contributed by atoms with Crippen LogP contribution in [-0.2, 0) is 6.18 Å². The number of nitrogens with two attached hydrogens (primary N) is 1. The summed E-state index contributed by atoms with van der Waals surface area (Å²) in [6.45, 7) is 1.75. The molecule has 0 aliphatic carbocycles. The molecule has 2 N–H and O–H groups in total. The molecule has 0 spiro atoms. The SMILES string of the molecule is C[C@H](c1cccc(C(F)(F)F)c1)c1ccccc1C(N)=O. The zero-order valence-corrected chi connectivity index (χ0v) is 11.3. The Morgan fingerprint density at radius 2 is 1.76 bits per heavy atom. The molecule has 5 heteroatoms. The molecule has 0 aromatic heterocycles. The maximum Gasteiger partial charge on any atom is 0.416 e. The molecular formula is C16H14F3NO. The maximum atomic E-state index is 12.8. The zero-order valence-electron chi connectivity index (χ0n) is 11.3. The molecule has 2 nitrogen and oxygen atoms in total. The molecule has 0 saturated heterocycles. The number of benzene rings is 2. The first-order valence-electron chi connectivity index (χ1n) is 6.36. The molecule has 0 heterocycles. The van der Waals surface area contributed by atoms with Gasteiger partial charge in [-0.15, -0.1) is 0 Å². The van der Waals surface area contributed by atoms with Gasteiger partial charge in [0.25, 0.3) is 0 Å². The summed E-state index contributed by atoms with van der Waals surface area (Å²) in [5.74, 6) is -0.958. The van der Waals surface area contributed by atoms with Gasteiger partial charge < -0.3 is 5.73 Å². The van der Waals surface area contributed by atoms with Crippen LogP contribution in [0.3, 0.4) is 0 Å². The van der Waals surface area contributed by atoms with Crippen LogP contribution in [0.15, 0.2) is 48.5 Å². The first-order chi connectivity index (χ1) is 9.80. The summed E-state index contributed by atoms with van der Waals surface area (Å²) in [7, 11) is 0. The minimum absolute atomic E-state index is 0.322. The first-order valence-corrected chi connectivity index (χ1v) is 6.36. The fourth-order valence-electron chi connectivity index (χ4n) is 2.26. The van der Waals surface area contributed by atoms with Crippen molar-refractivity contribution in [3.63, 3.8) is 0 Å². The van der Waals surface area contributed by atoms with E-state index in [1.54, 1.807) is 37.3 Å². The van der Waals surface area contributed by atoms with Crippen LogP contribution in [-0.4, -0.2) is 5.91 Å². The average molecular weight is 293 g/mol. The molecular weight excluding hydrogens is 279 g/mol. The summed E-state index contributed by atoms with van der Waals surface area (Å²) in [5, 5.41) is 0. The number of halogens is 3. The van der Waals surface area contributed by atoms with Gasteiger partial charge in [-0.25, -0.2) is 0 Å². The van der Waals surface area contributed by atoms with Gasteiger partial charge in [0.1, 0.15) is 0 Å². The Bertz CT molecular complexity index is 665. The van der Waals surface area contributed by atoms with Gasteiger partial charge in [0.2, 0.25) is 5.91 Å². The van der Waals surface area contributed by atoms with Crippen LogP contribution in [0.25, 0.3) is 0 Å². The lowest BCUT2D eigenvalue weighted by atomic mass is 9.88. The van der Waals surface area contributed by atoms with Gasteiger partial charge in [-0.05, 0) is 23.3 Å². The summed E-state index contributed by atoms with van der Waals surface area (Å²) in [4.78, 5) is 11.4. The highest BCUT2D eigenvalue weighted by Gasteiger charge is 2.31. The van der Waals surface area contributed by atoms with Gasteiger partial charge in [-0.3, -0.25) is 4.79 Å². The van der Waals surface area contributed by atoms with Crippen molar-refractivity contribution >= 4 is 5.91 Å². The fraction of sp³-hybridized carbons (Fsp3) is 0.188. The third-order valence-corrected chi connectivity index (χ3v) is 3.41. The Morgan fingerprint density at radius 3 is 2.38 bits per heavy atom. The molecule has 1 amide bonds. The lowest BCUT2D eigenvalue weighted by Crippen LogP contribution is -2.15. The molecule has 0 unspecified atom stereocenters. The van der Waals surface area contributed by atoms with Crippen LogP contribution in [0, 0.1) is 0 Å². The largest absolute Gasteiger partial charge is 0.416 e. The summed E-state index contributed by atoms with van der Waals surface area (Å²) in [5.41, 5.74) is 6.03. The number of hydrogen-bond donors (Lipinski definition) is 1. The van der Waals surface area contributed by atoms with Crippen molar-refractivity contribution in [1.29, 1.82) is 0 Å². The number of alkyl halides is 3. The smallest absolute Gasteiger partial charge is 0.366 e. The quantitative estimate of drug-likeness (QED) is 0.914. The van der Waals surface area contributed by atoms with E-state index in [-0.39, 0.29) is 5.92 Å². The third kappa shape index (κ3) is 3.24. The number of amides is 1. The van der Waals surface area contributed by atoms with Crippen molar-refractivity contribution in [2.75, 3.05) is 0 Å². The van der Waals surface area contributed by atoms with E-state index in [0.717, 1.165) is 12.1 Å².